The zero-order chi connectivity index (χ0) is 15.6. The lowest BCUT2D eigenvalue weighted by Crippen LogP contribution is -2.15. The fourth-order valence-electron chi connectivity index (χ4n) is 1.47. The van der Waals surface area contributed by atoms with Gasteiger partial charge < -0.3 is 5.32 Å². The van der Waals surface area contributed by atoms with Gasteiger partial charge >= 0.3 is 6.18 Å². The first-order chi connectivity index (χ1) is 9.77. The molecular weight excluding hydrogens is 375 g/mol. The normalized spacial score (nSPS) is 11.3. The Morgan fingerprint density at radius 1 is 1.29 bits per heavy atom. The molecule has 9 heteroatoms. The number of alkyl halides is 3. The number of hydrogen-bond donors (Lipinski definition) is 1. The molecule has 1 heterocycles. The van der Waals surface area contributed by atoms with Gasteiger partial charge in [-0.3, -0.25) is 9.78 Å². The highest BCUT2D eigenvalue weighted by Gasteiger charge is 2.33. The fraction of sp³-hybridized carbons (Fsp3) is 0.0833. The van der Waals surface area contributed by atoms with Crippen LogP contribution in [0.3, 0.4) is 0 Å². The average molecular weight is 381 g/mol. The number of aromatic nitrogens is 2. The molecule has 2 aromatic rings. The van der Waals surface area contributed by atoms with Crippen molar-refractivity contribution in [2.45, 2.75) is 6.18 Å². The van der Waals surface area contributed by atoms with Crippen LogP contribution in [0, 0.1) is 0 Å². The lowest BCUT2D eigenvalue weighted by molar-refractivity contribution is -0.138. The maximum absolute atomic E-state index is 12.8. The molecule has 2 rings (SSSR count). The van der Waals surface area contributed by atoms with Gasteiger partial charge in [0.15, 0.2) is 0 Å². The van der Waals surface area contributed by atoms with Gasteiger partial charge in [0.05, 0.1) is 18.0 Å². The summed E-state index contributed by atoms with van der Waals surface area (Å²) in [5.41, 5.74) is -1.01. The molecule has 0 unspecified atom stereocenters. The summed E-state index contributed by atoms with van der Waals surface area (Å²) in [6.45, 7) is 0. The molecule has 0 aliphatic carbocycles. The Hall–Kier alpha value is -1.67. The summed E-state index contributed by atoms with van der Waals surface area (Å²) < 4.78 is 38.2. The molecule has 0 radical (unpaired) electrons. The molecule has 4 nitrogen and oxygen atoms in total. The number of carbonyl (C=O) groups excluding carboxylic acids is 1. The predicted octanol–water partition coefficient (Wildman–Crippen LogP) is 4.16. The van der Waals surface area contributed by atoms with Crippen LogP contribution in [0.4, 0.5) is 18.9 Å². The predicted molar refractivity (Wildman–Crippen MR) is 74.1 cm³/mol. The summed E-state index contributed by atoms with van der Waals surface area (Å²) in [5.74, 6) is -0.708. The van der Waals surface area contributed by atoms with E-state index in [0.717, 1.165) is 12.3 Å². The van der Waals surface area contributed by atoms with Gasteiger partial charge in [0.2, 0.25) is 0 Å². The second-order valence-electron chi connectivity index (χ2n) is 3.87. The monoisotopic (exact) mass is 379 g/mol. The SMILES string of the molecule is O=C(Nc1ccc(Br)c(C(F)(F)F)c1)c1cncc(Cl)n1. The van der Waals surface area contributed by atoms with Gasteiger partial charge in [-0.1, -0.05) is 27.5 Å². The minimum Gasteiger partial charge on any atom is -0.321 e. The fourth-order valence-corrected chi connectivity index (χ4v) is 2.09. The van der Waals surface area contributed by atoms with Gasteiger partial charge in [-0.15, -0.1) is 0 Å². The van der Waals surface area contributed by atoms with Crippen molar-refractivity contribution in [1.29, 1.82) is 0 Å². The van der Waals surface area contributed by atoms with E-state index in [1.165, 1.54) is 18.3 Å². The summed E-state index contributed by atoms with van der Waals surface area (Å²) in [4.78, 5) is 19.2. The highest BCUT2D eigenvalue weighted by atomic mass is 79.9. The van der Waals surface area contributed by atoms with Crippen LogP contribution in [-0.2, 0) is 6.18 Å². The van der Waals surface area contributed by atoms with Crippen LogP contribution in [0.1, 0.15) is 16.1 Å². The Balaban J connectivity index is 2.26. The van der Waals surface area contributed by atoms with Crippen molar-refractivity contribution >= 4 is 39.1 Å². The maximum atomic E-state index is 12.8. The van der Waals surface area contributed by atoms with E-state index < -0.39 is 17.6 Å². The van der Waals surface area contributed by atoms with E-state index in [9.17, 15) is 18.0 Å². The van der Waals surface area contributed by atoms with Crippen molar-refractivity contribution < 1.29 is 18.0 Å². The molecule has 1 aromatic heterocycles. The molecule has 110 valence electrons. The smallest absolute Gasteiger partial charge is 0.321 e. The molecule has 0 fully saturated rings. The largest absolute Gasteiger partial charge is 0.417 e. The Labute approximate surface area is 130 Å². The highest BCUT2D eigenvalue weighted by Crippen LogP contribution is 2.36. The third kappa shape index (κ3) is 3.92. The second kappa shape index (κ2) is 5.98. The van der Waals surface area contributed by atoms with E-state index in [1.807, 2.05) is 0 Å². The zero-order valence-corrected chi connectivity index (χ0v) is 12.4. The van der Waals surface area contributed by atoms with E-state index in [-0.39, 0.29) is 21.0 Å². The first kappa shape index (κ1) is 15.7. The lowest BCUT2D eigenvalue weighted by atomic mass is 10.2. The third-order valence-electron chi connectivity index (χ3n) is 2.37. The van der Waals surface area contributed by atoms with Crippen molar-refractivity contribution in [1.82, 2.24) is 9.97 Å². The van der Waals surface area contributed by atoms with Crippen LogP contribution in [0.5, 0.6) is 0 Å². The van der Waals surface area contributed by atoms with Gasteiger partial charge in [0, 0.05) is 10.2 Å². The van der Waals surface area contributed by atoms with Crippen LogP contribution in [0.15, 0.2) is 35.1 Å². The molecule has 1 N–H and O–H groups in total. The van der Waals surface area contributed by atoms with E-state index in [0.29, 0.717) is 0 Å². The summed E-state index contributed by atoms with van der Waals surface area (Å²) >= 11 is 8.40. The molecule has 1 aromatic carbocycles. The van der Waals surface area contributed by atoms with Crippen molar-refractivity contribution in [3.63, 3.8) is 0 Å². The van der Waals surface area contributed by atoms with Crippen LogP contribution < -0.4 is 5.32 Å². The minimum absolute atomic E-state index is 0.00874. The van der Waals surface area contributed by atoms with Crippen LogP contribution in [-0.4, -0.2) is 15.9 Å². The maximum Gasteiger partial charge on any atom is 0.417 e. The Bertz CT molecular complexity index is 694. The molecule has 1 amide bonds. The summed E-state index contributed by atoms with van der Waals surface area (Å²) in [5, 5.41) is 2.31. The number of hydrogen-bond acceptors (Lipinski definition) is 3. The van der Waals surface area contributed by atoms with Gasteiger partial charge in [-0.05, 0) is 18.2 Å². The first-order valence-corrected chi connectivity index (χ1v) is 6.60. The highest BCUT2D eigenvalue weighted by molar-refractivity contribution is 9.10. The second-order valence-corrected chi connectivity index (χ2v) is 5.12. The standard InChI is InChI=1S/C12H6BrClF3N3O/c13-8-2-1-6(3-7(8)12(15,16)17)19-11(21)9-4-18-5-10(14)20-9/h1-5H,(H,19,21). The molecule has 0 saturated carbocycles. The number of benzene rings is 1. The Morgan fingerprint density at radius 2 is 2.00 bits per heavy atom. The summed E-state index contributed by atoms with van der Waals surface area (Å²) in [6, 6.07) is 3.34. The first-order valence-electron chi connectivity index (χ1n) is 5.43. The molecule has 0 spiro atoms. The molecule has 0 atom stereocenters. The van der Waals surface area contributed by atoms with E-state index in [4.69, 9.17) is 11.6 Å². The van der Waals surface area contributed by atoms with E-state index >= 15 is 0 Å². The van der Waals surface area contributed by atoms with Crippen molar-refractivity contribution in [3.8, 4) is 0 Å². The third-order valence-corrected chi connectivity index (χ3v) is 3.24. The summed E-state index contributed by atoms with van der Waals surface area (Å²) in [7, 11) is 0. The number of rotatable bonds is 2. The Kier molecular flexibility index (Phi) is 4.48. The number of amides is 1. The van der Waals surface area contributed by atoms with E-state index in [2.05, 4.69) is 31.2 Å². The molecular formula is C12H6BrClF3N3O. The average Bonchev–Trinajstić information content (AvgIpc) is 2.39. The molecule has 0 saturated heterocycles. The molecule has 0 aliphatic rings. The molecule has 0 bridgehead atoms. The number of nitrogens with zero attached hydrogens (tertiary/aromatic N) is 2. The molecule has 0 aliphatic heterocycles. The topological polar surface area (TPSA) is 54.9 Å². The van der Waals surface area contributed by atoms with Gasteiger partial charge in [0.25, 0.3) is 5.91 Å². The van der Waals surface area contributed by atoms with Gasteiger partial charge in [-0.2, -0.15) is 13.2 Å². The van der Waals surface area contributed by atoms with Crippen molar-refractivity contribution in [2.75, 3.05) is 5.32 Å². The number of carbonyl (C=O) groups is 1. The minimum atomic E-state index is -4.53. The quantitative estimate of drug-likeness (QED) is 0.851. The van der Waals surface area contributed by atoms with E-state index in [1.54, 1.807) is 0 Å². The summed E-state index contributed by atoms with van der Waals surface area (Å²) in [6.07, 6.45) is -2.14. The van der Waals surface area contributed by atoms with Crippen LogP contribution in [0.25, 0.3) is 0 Å². The Morgan fingerprint density at radius 3 is 2.62 bits per heavy atom. The molecule has 21 heavy (non-hydrogen) atoms. The zero-order valence-electron chi connectivity index (χ0n) is 10.1. The van der Waals surface area contributed by atoms with Crippen molar-refractivity contribution in [3.05, 3.63) is 51.5 Å². The number of anilines is 1. The number of halogens is 5. The van der Waals surface area contributed by atoms with Crippen LogP contribution >= 0.6 is 27.5 Å². The van der Waals surface area contributed by atoms with Gasteiger partial charge in [-0.25, -0.2) is 4.98 Å². The lowest BCUT2D eigenvalue weighted by Gasteiger charge is -2.11. The van der Waals surface area contributed by atoms with Crippen LogP contribution in [0.2, 0.25) is 5.15 Å². The number of nitrogens with one attached hydrogen (secondary N) is 1. The van der Waals surface area contributed by atoms with Crippen molar-refractivity contribution in [2.24, 2.45) is 0 Å². The van der Waals surface area contributed by atoms with Gasteiger partial charge in [0.1, 0.15) is 10.8 Å².